The van der Waals surface area contributed by atoms with Crippen molar-refractivity contribution in [2.45, 2.75) is 17.9 Å². The van der Waals surface area contributed by atoms with Gasteiger partial charge in [-0.05, 0) is 49.5 Å². The van der Waals surface area contributed by atoms with Gasteiger partial charge in [0, 0.05) is 86.7 Å². The summed E-state index contributed by atoms with van der Waals surface area (Å²) in [6, 6.07) is 10.4. The number of benzene rings is 2. The van der Waals surface area contributed by atoms with Gasteiger partial charge in [0.15, 0.2) is 5.82 Å². The lowest BCUT2D eigenvalue weighted by Crippen LogP contribution is -2.44. The first kappa shape index (κ1) is 30.3. The molecule has 1 fully saturated rings. The minimum atomic E-state index is -4.25. The number of rotatable bonds is 7. The van der Waals surface area contributed by atoms with Crippen LogP contribution in [0.1, 0.15) is 32.0 Å². The Balaban J connectivity index is 1.26. The molecule has 234 valence electrons. The molecule has 12 nitrogen and oxygen atoms in total. The van der Waals surface area contributed by atoms with Gasteiger partial charge in [-0.2, -0.15) is 9.40 Å². The number of nitrogens with one attached hydrogen (secondary N) is 3. The van der Waals surface area contributed by atoms with Gasteiger partial charge in [0.1, 0.15) is 11.6 Å². The number of hydrogen-bond donors (Lipinski definition) is 3. The number of fused-ring (bicyclic) bond motifs is 1. The van der Waals surface area contributed by atoms with Gasteiger partial charge in [-0.15, -0.1) is 0 Å². The van der Waals surface area contributed by atoms with E-state index in [1.165, 1.54) is 12.4 Å². The minimum Gasteiger partial charge on any atom is -0.369 e. The Morgan fingerprint density at radius 2 is 1.60 bits per heavy atom. The molecule has 6 rings (SSSR count). The number of aromatic nitrogens is 3. The zero-order chi connectivity index (χ0) is 31.7. The molecule has 0 aliphatic carbocycles. The van der Waals surface area contributed by atoms with E-state index in [-0.39, 0.29) is 36.6 Å². The molecule has 45 heavy (non-hydrogen) atoms. The summed E-state index contributed by atoms with van der Waals surface area (Å²) in [4.78, 5) is 34.6. The van der Waals surface area contributed by atoms with Gasteiger partial charge in [-0.3, -0.25) is 19.7 Å². The zero-order valence-corrected chi connectivity index (χ0v) is 25.1. The second kappa shape index (κ2) is 12.3. The average molecular weight is 637 g/mol. The van der Waals surface area contributed by atoms with Crippen LogP contribution in [0.5, 0.6) is 0 Å². The Kier molecular flexibility index (Phi) is 8.31. The Morgan fingerprint density at radius 3 is 2.31 bits per heavy atom. The first-order valence-electron chi connectivity index (χ1n) is 14.2. The fraction of sp³-hybridized carbons (Fsp3) is 0.267. The van der Waals surface area contributed by atoms with Crippen LogP contribution in [0.4, 0.5) is 26.0 Å². The normalized spacial score (nSPS) is 15.8. The first-order chi connectivity index (χ1) is 21.6. The van der Waals surface area contributed by atoms with Crippen LogP contribution >= 0.6 is 0 Å². The number of halogens is 2. The van der Waals surface area contributed by atoms with Gasteiger partial charge < -0.3 is 20.4 Å². The van der Waals surface area contributed by atoms with E-state index in [2.05, 4.69) is 42.7 Å². The second-order valence-electron chi connectivity index (χ2n) is 10.9. The summed E-state index contributed by atoms with van der Waals surface area (Å²) >= 11 is 0. The van der Waals surface area contributed by atoms with Crippen LogP contribution < -0.4 is 15.5 Å². The fourth-order valence-corrected chi connectivity index (χ4v) is 6.82. The molecule has 15 heteroatoms. The number of carbonyl (C=O) groups is 2. The first-order valence-corrected chi connectivity index (χ1v) is 15.6. The van der Waals surface area contributed by atoms with Gasteiger partial charge in [0.05, 0.1) is 16.1 Å². The quantitative estimate of drug-likeness (QED) is 0.281. The molecule has 0 unspecified atom stereocenters. The van der Waals surface area contributed by atoms with E-state index in [1.54, 1.807) is 24.3 Å². The lowest BCUT2D eigenvalue weighted by atomic mass is 10.1. The predicted octanol–water partition coefficient (Wildman–Crippen LogP) is 3.09. The number of carbonyl (C=O) groups excluding carboxylic acids is 2. The zero-order valence-electron chi connectivity index (χ0n) is 24.3. The molecule has 2 aliphatic rings. The van der Waals surface area contributed by atoms with E-state index in [1.807, 2.05) is 6.07 Å². The highest BCUT2D eigenvalue weighted by molar-refractivity contribution is 7.89. The van der Waals surface area contributed by atoms with Gasteiger partial charge in [0.2, 0.25) is 10.0 Å². The summed E-state index contributed by atoms with van der Waals surface area (Å²) in [6.45, 7) is 3.15. The van der Waals surface area contributed by atoms with Gasteiger partial charge in [-0.25, -0.2) is 17.2 Å². The Bertz CT molecular complexity index is 1840. The third-order valence-electron chi connectivity index (χ3n) is 7.91. The molecular formula is C30H30F2N8O4S. The molecule has 4 heterocycles. The van der Waals surface area contributed by atoms with E-state index in [9.17, 15) is 26.8 Å². The summed E-state index contributed by atoms with van der Waals surface area (Å²) in [5, 5.41) is 12.7. The van der Waals surface area contributed by atoms with Crippen LogP contribution in [0.3, 0.4) is 0 Å². The molecular weight excluding hydrogens is 606 g/mol. The maximum absolute atomic E-state index is 13.8. The van der Waals surface area contributed by atoms with Crippen LogP contribution in [0.25, 0.3) is 0 Å². The third kappa shape index (κ3) is 6.41. The third-order valence-corrected chi connectivity index (χ3v) is 9.73. The van der Waals surface area contributed by atoms with E-state index >= 15 is 0 Å². The fourth-order valence-electron chi connectivity index (χ4n) is 5.37. The van der Waals surface area contributed by atoms with Crippen LogP contribution in [0.2, 0.25) is 0 Å². The van der Waals surface area contributed by atoms with Crippen molar-refractivity contribution < 1.29 is 26.8 Å². The Labute approximate surface area is 258 Å². The monoisotopic (exact) mass is 636 g/mol. The average Bonchev–Trinajstić information content (AvgIpc) is 3.43. The molecule has 2 aromatic carbocycles. The smallest absolute Gasteiger partial charge is 0.258 e. The van der Waals surface area contributed by atoms with Crippen molar-refractivity contribution in [1.29, 1.82) is 0 Å². The SMILES string of the molecule is CN1CCN(c2ccc(C(=O)Nc3n[nH]c4c3CN(S(=O)(=O)c3cc(F)cc(F)c3)CC4)c(NC(=O)c3ccncc3)c2)CC1. The molecule has 2 aromatic heterocycles. The van der Waals surface area contributed by atoms with E-state index in [0.717, 1.165) is 48.3 Å². The van der Waals surface area contributed by atoms with Crippen molar-refractivity contribution in [2.75, 3.05) is 55.3 Å². The number of piperazine rings is 1. The van der Waals surface area contributed by atoms with Crippen molar-refractivity contribution in [1.82, 2.24) is 24.4 Å². The van der Waals surface area contributed by atoms with Crippen LogP contribution in [0, 0.1) is 11.6 Å². The Hall–Kier alpha value is -4.73. The van der Waals surface area contributed by atoms with Gasteiger partial charge >= 0.3 is 0 Å². The van der Waals surface area contributed by atoms with E-state index in [4.69, 9.17) is 0 Å². The largest absolute Gasteiger partial charge is 0.369 e. The van der Waals surface area contributed by atoms with Gasteiger partial charge in [-0.1, -0.05) is 0 Å². The summed E-state index contributed by atoms with van der Waals surface area (Å²) < 4.78 is 55.2. The molecule has 0 spiro atoms. The molecule has 2 amide bonds. The van der Waals surface area contributed by atoms with Crippen molar-refractivity contribution in [3.63, 3.8) is 0 Å². The number of H-pyrrole nitrogens is 1. The topological polar surface area (TPSA) is 144 Å². The number of anilines is 3. The number of aromatic amines is 1. The van der Waals surface area contributed by atoms with Gasteiger partial charge in [0.25, 0.3) is 11.8 Å². The minimum absolute atomic E-state index is 0.0436. The molecule has 0 radical (unpaired) electrons. The predicted molar refractivity (Wildman–Crippen MR) is 163 cm³/mol. The summed E-state index contributed by atoms with van der Waals surface area (Å²) in [5.74, 6) is -2.91. The molecule has 0 atom stereocenters. The molecule has 2 aliphatic heterocycles. The van der Waals surface area contributed by atoms with Crippen molar-refractivity contribution >= 4 is 39.0 Å². The van der Waals surface area contributed by atoms with Crippen molar-refractivity contribution in [2.24, 2.45) is 0 Å². The standard InChI is InChI=1S/C30H30F2N8O4S/c1-38-10-12-39(13-11-38)22-2-3-24(27(17-22)34-29(41)19-4-7-33-8-5-19)30(42)35-28-25-18-40(9-6-26(25)36-37-28)45(43,44)23-15-20(31)14-21(32)16-23/h2-5,7-8,14-17H,6,9-13,18H2,1H3,(H,34,41)(H2,35,36,37,42). The highest BCUT2D eigenvalue weighted by Gasteiger charge is 2.32. The highest BCUT2D eigenvalue weighted by Crippen LogP contribution is 2.31. The van der Waals surface area contributed by atoms with E-state index < -0.39 is 38.4 Å². The van der Waals surface area contributed by atoms with Crippen molar-refractivity contribution in [3.8, 4) is 0 Å². The van der Waals surface area contributed by atoms with Crippen LogP contribution in [0.15, 0.2) is 65.8 Å². The van der Waals surface area contributed by atoms with Crippen molar-refractivity contribution in [3.05, 3.63) is 94.9 Å². The number of pyridine rings is 1. The number of likely N-dealkylation sites (N-methyl/N-ethyl adjacent to an activating group) is 1. The van der Waals surface area contributed by atoms with Crippen LogP contribution in [-0.4, -0.2) is 84.4 Å². The number of sulfonamides is 1. The molecule has 0 bridgehead atoms. The number of amides is 2. The van der Waals surface area contributed by atoms with E-state index in [0.29, 0.717) is 22.9 Å². The maximum Gasteiger partial charge on any atom is 0.258 e. The molecule has 1 saturated heterocycles. The second-order valence-corrected chi connectivity index (χ2v) is 12.8. The number of hydrogen-bond acceptors (Lipinski definition) is 8. The summed E-state index contributed by atoms with van der Waals surface area (Å²) in [7, 11) is -2.20. The highest BCUT2D eigenvalue weighted by atomic mass is 32.2. The lowest BCUT2D eigenvalue weighted by molar-refractivity contribution is 0.102. The Morgan fingerprint density at radius 1 is 0.889 bits per heavy atom. The maximum atomic E-state index is 13.8. The summed E-state index contributed by atoms with van der Waals surface area (Å²) in [5.41, 5.74) is 2.71. The number of nitrogens with zero attached hydrogens (tertiary/aromatic N) is 5. The molecule has 3 N–H and O–H groups in total. The molecule has 0 saturated carbocycles. The lowest BCUT2D eigenvalue weighted by Gasteiger charge is -2.34. The molecule has 4 aromatic rings. The van der Waals surface area contributed by atoms with Crippen LogP contribution in [-0.2, 0) is 23.0 Å². The summed E-state index contributed by atoms with van der Waals surface area (Å²) in [6.07, 6.45) is 3.23.